The van der Waals surface area contributed by atoms with Crippen molar-refractivity contribution < 1.29 is 35.1 Å². The lowest BCUT2D eigenvalue weighted by molar-refractivity contribution is -0.121. The number of rotatable bonds is 15. The Morgan fingerprint density at radius 1 is 1.19 bits per heavy atom. The summed E-state index contributed by atoms with van der Waals surface area (Å²) < 4.78 is 0. The fourth-order valence-corrected chi connectivity index (χ4v) is 4.29. The summed E-state index contributed by atoms with van der Waals surface area (Å²) in [5, 5.41) is 46.0. The zero-order valence-electron chi connectivity index (χ0n) is 19.8. The van der Waals surface area contributed by atoms with Crippen LogP contribution in [0, 0.1) is 17.8 Å². The largest absolute Gasteiger partial charge is 0.516 e. The van der Waals surface area contributed by atoms with E-state index in [4.69, 9.17) is 10.2 Å². The predicted molar refractivity (Wildman–Crippen MR) is 125 cm³/mol. The molecule has 0 aromatic rings. The van der Waals surface area contributed by atoms with Crippen molar-refractivity contribution in [3.63, 3.8) is 0 Å². The number of carbonyl (C=O) groups is 2. The molecule has 1 rings (SSSR count). The van der Waals surface area contributed by atoms with Gasteiger partial charge in [0.25, 0.3) is 0 Å². The smallest absolute Gasteiger partial charge is 0.221 e. The number of aliphatic hydroxyl groups excluding tert-OH is 5. The van der Waals surface area contributed by atoms with Crippen molar-refractivity contribution in [1.82, 2.24) is 0 Å². The zero-order valence-corrected chi connectivity index (χ0v) is 19.8. The fraction of sp³-hybridized carbons (Fsp3) is 0.760. The van der Waals surface area contributed by atoms with E-state index in [0.717, 1.165) is 51.2 Å². The van der Waals surface area contributed by atoms with Crippen LogP contribution in [0.15, 0.2) is 24.7 Å². The quantitative estimate of drug-likeness (QED) is 0.142. The summed E-state index contributed by atoms with van der Waals surface area (Å²) in [7, 11) is 0. The van der Waals surface area contributed by atoms with Gasteiger partial charge in [0, 0.05) is 12.3 Å². The minimum absolute atomic E-state index is 0.0411. The molecule has 0 aromatic heterocycles. The number of hydrogen-bond acceptors (Lipinski definition) is 7. The molecule has 0 saturated heterocycles. The standard InChI is InChI=1S/C23H40O6.C2H4O/c1-3-4-9-16(2)19(25)13-8-11-18-17(21(27)14-22(18)28)10-6-5-7-12-20(26)23(29)15-24;1-2-3/h12,16-19,22,24-26,28H,3-11,13-15H2,1-2H3;2-3H,1H2/t16?,17-,18-,19?,22-;/m1./s1. The van der Waals surface area contributed by atoms with Gasteiger partial charge in [-0.25, -0.2) is 0 Å². The van der Waals surface area contributed by atoms with E-state index in [9.17, 15) is 24.9 Å². The van der Waals surface area contributed by atoms with E-state index >= 15 is 0 Å². The van der Waals surface area contributed by atoms with E-state index < -0.39 is 24.3 Å². The van der Waals surface area contributed by atoms with Crippen molar-refractivity contribution in [2.24, 2.45) is 17.8 Å². The lowest BCUT2D eigenvalue weighted by atomic mass is 9.84. The van der Waals surface area contributed by atoms with Crippen molar-refractivity contribution in [3.8, 4) is 0 Å². The summed E-state index contributed by atoms with van der Waals surface area (Å²) in [6.45, 7) is 6.44. The molecule has 0 spiro atoms. The summed E-state index contributed by atoms with van der Waals surface area (Å²) in [5.41, 5.74) is 0. The Labute approximate surface area is 192 Å². The van der Waals surface area contributed by atoms with Crippen molar-refractivity contribution in [3.05, 3.63) is 24.7 Å². The van der Waals surface area contributed by atoms with Gasteiger partial charge >= 0.3 is 0 Å². The highest BCUT2D eigenvalue weighted by Crippen LogP contribution is 2.36. The van der Waals surface area contributed by atoms with Gasteiger partial charge < -0.3 is 25.5 Å². The average molecular weight is 457 g/mol. The maximum Gasteiger partial charge on any atom is 0.221 e. The van der Waals surface area contributed by atoms with Crippen LogP contribution < -0.4 is 0 Å². The first-order valence-corrected chi connectivity index (χ1v) is 11.9. The Bertz CT molecular complexity index is 573. The Kier molecular flexibility index (Phi) is 16.9. The molecule has 0 aromatic carbocycles. The molecule has 0 radical (unpaired) electrons. The van der Waals surface area contributed by atoms with Crippen LogP contribution in [0.25, 0.3) is 0 Å². The molecule has 1 saturated carbocycles. The van der Waals surface area contributed by atoms with E-state index in [-0.39, 0.29) is 36.1 Å². The Hall–Kier alpha value is -1.70. The van der Waals surface area contributed by atoms with Crippen LogP contribution >= 0.6 is 0 Å². The molecule has 0 aliphatic heterocycles. The first-order chi connectivity index (χ1) is 15.2. The molecule has 0 heterocycles. The molecule has 2 unspecified atom stereocenters. The molecule has 7 nitrogen and oxygen atoms in total. The fourth-order valence-electron chi connectivity index (χ4n) is 4.29. The molecular formula is C25H44O7. The molecule has 7 heteroatoms. The topological polar surface area (TPSA) is 135 Å². The van der Waals surface area contributed by atoms with E-state index in [1.165, 1.54) is 6.08 Å². The third-order valence-electron chi connectivity index (χ3n) is 6.28. The molecule has 32 heavy (non-hydrogen) atoms. The van der Waals surface area contributed by atoms with Crippen molar-refractivity contribution in [2.75, 3.05) is 6.61 Å². The van der Waals surface area contributed by atoms with Gasteiger partial charge in [0.2, 0.25) is 5.78 Å². The highest BCUT2D eigenvalue weighted by molar-refractivity contribution is 5.93. The van der Waals surface area contributed by atoms with Crippen LogP contribution in [0.4, 0.5) is 0 Å². The first-order valence-electron chi connectivity index (χ1n) is 11.9. The number of unbranched alkanes of at least 4 members (excludes halogenated alkanes) is 3. The molecular weight excluding hydrogens is 412 g/mol. The second-order valence-electron chi connectivity index (χ2n) is 8.76. The number of hydrogen-bond donors (Lipinski definition) is 5. The molecule has 186 valence electrons. The minimum Gasteiger partial charge on any atom is -0.516 e. The summed E-state index contributed by atoms with van der Waals surface area (Å²) in [6, 6.07) is 0. The summed E-state index contributed by atoms with van der Waals surface area (Å²) >= 11 is 0. The molecule has 0 amide bonds. The average Bonchev–Trinajstić information content (AvgIpc) is 3.03. The van der Waals surface area contributed by atoms with Gasteiger partial charge in [-0.05, 0) is 56.4 Å². The van der Waals surface area contributed by atoms with Gasteiger partial charge in [0.15, 0.2) is 5.76 Å². The lowest BCUT2D eigenvalue weighted by Gasteiger charge is -2.23. The van der Waals surface area contributed by atoms with Gasteiger partial charge in [-0.2, -0.15) is 0 Å². The van der Waals surface area contributed by atoms with E-state index in [1.54, 1.807) is 0 Å². The van der Waals surface area contributed by atoms with Crippen molar-refractivity contribution in [1.29, 1.82) is 0 Å². The van der Waals surface area contributed by atoms with Gasteiger partial charge in [-0.1, -0.05) is 46.1 Å². The van der Waals surface area contributed by atoms with Crippen molar-refractivity contribution >= 4 is 11.6 Å². The predicted octanol–water partition coefficient (Wildman–Crippen LogP) is 4.16. The molecule has 5 N–H and O–H groups in total. The van der Waals surface area contributed by atoms with Gasteiger partial charge in [-0.15, -0.1) is 0 Å². The number of aliphatic hydroxyl groups is 5. The monoisotopic (exact) mass is 456 g/mol. The summed E-state index contributed by atoms with van der Waals surface area (Å²) in [4.78, 5) is 23.4. The van der Waals surface area contributed by atoms with Crippen LogP contribution in [-0.2, 0) is 9.59 Å². The lowest BCUT2D eigenvalue weighted by Crippen LogP contribution is -2.22. The Morgan fingerprint density at radius 3 is 2.44 bits per heavy atom. The number of carbonyl (C=O) groups excluding carboxylic acids is 2. The maximum absolute atomic E-state index is 12.3. The number of allylic oxidation sites excluding steroid dienone is 1. The second-order valence-corrected chi connectivity index (χ2v) is 8.76. The molecule has 1 aliphatic carbocycles. The van der Waals surface area contributed by atoms with Crippen LogP contribution in [0.3, 0.4) is 0 Å². The van der Waals surface area contributed by atoms with E-state index in [2.05, 4.69) is 20.4 Å². The van der Waals surface area contributed by atoms with Crippen LogP contribution in [0.1, 0.15) is 84.5 Å². The number of ketones is 2. The highest BCUT2D eigenvalue weighted by Gasteiger charge is 2.40. The molecule has 1 aliphatic rings. The van der Waals surface area contributed by atoms with Gasteiger partial charge in [0.05, 0.1) is 18.5 Å². The van der Waals surface area contributed by atoms with Crippen LogP contribution in [0.2, 0.25) is 0 Å². The van der Waals surface area contributed by atoms with Crippen LogP contribution in [-0.4, -0.2) is 55.9 Å². The third-order valence-corrected chi connectivity index (χ3v) is 6.28. The second kappa shape index (κ2) is 17.8. The molecule has 0 bridgehead atoms. The van der Waals surface area contributed by atoms with Crippen LogP contribution in [0.5, 0.6) is 0 Å². The van der Waals surface area contributed by atoms with Crippen molar-refractivity contribution in [2.45, 2.75) is 96.7 Å². The zero-order chi connectivity index (χ0) is 24.5. The number of Topliss-reactive ketones (excluding diaryl/α,β-unsaturated/α-hetero) is 2. The minimum atomic E-state index is -0.704. The SMILES string of the molecule is C=CO.CCCCC(C)C(O)CCC[C@H]1[C@H](O)CC(=O)[C@@H]1CCCCC=C(O)C(=O)CO. The Balaban J connectivity index is 0.00000302. The summed E-state index contributed by atoms with van der Waals surface area (Å²) in [6.07, 6.45) is 9.70. The summed E-state index contributed by atoms with van der Waals surface area (Å²) in [5.74, 6) is -0.886. The van der Waals surface area contributed by atoms with E-state index in [0.29, 0.717) is 19.3 Å². The first kappa shape index (κ1) is 30.3. The Morgan fingerprint density at radius 2 is 1.84 bits per heavy atom. The maximum atomic E-state index is 12.3. The normalized spacial score (nSPS) is 22.7. The molecule has 1 fully saturated rings. The molecule has 5 atom stereocenters. The van der Waals surface area contributed by atoms with Gasteiger partial charge in [0.1, 0.15) is 12.4 Å². The highest BCUT2D eigenvalue weighted by atomic mass is 16.3. The third kappa shape index (κ3) is 11.8. The van der Waals surface area contributed by atoms with Gasteiger partial charge in [-0.3, -0.25) is 9.59 Å². The van der Waals surface area contributed by atoms with E-state index in [1.807, 2.05) is 0 Å².